The molecule has 2 unspecified atom stereocenters. The molecule has 0 heterocycles. The van der Waals surface area contributed by atoms with Gasteiger partial charge in [-0.1, -0.05) is 24.3 Å². The monoisotopic (exact) mass is 159 g/mol. The van der Waals surface area contributed by atoms with Gasteiger partial charge in [0.05, 0.1) is 0 Å². The van der Waals surface area contributed by atoms with E-state index in [0.29, 0.717) is 5.92 Å². The van der Waals surface area contributed by atoms with Crippen LogP contribution in [0.4, 0.5) is 0 Å². The number of nitroso groups, excluding NO2 is 1. The summed E-state index contributed by atoms with van der Waals surface area (Å²) in [5.41, 5.74) is 1.11. The first-order valence-electron chi connectivity index (χ1n) is 3.31. The van der Waals surface area contributed by atoms with Gasteiger partial charge in [0.25, 0.3) is 0 Å². The lowest BCUT2D eigenvalue weighted by Gasteiger charge is -2.10. The molecule has 0 spiro atoms. The summed E-state index contributed by atoms with van der Waals surface area (Å²) >= 11 is 0. The van der Waals surface area contributed by atoms with Crippen molar-refractivity contribution in [2.24, 2.45) is 11.1 Å². The van der Waals surface area contributed by atoms with E-state index in [1.54, 1.807) is 0 Å². The summed E-state index contributed by atoms with van der Waals surface area (Å²) < 4.78 is 0. The van der Waals surface area contributed by atoms with Crippen LogP contribution in [0, 0.1) is 10.8 Å². The van der Waals surface area contributed by atoms with E-state index in [-0.39, 0.29) is 5.78 Å². The molecule has 0 aliphatic carbocycles. The summed E-state index contributed by atoms with van der Waals surface area (Å²) in [6.45, 7) is 7.80. The lowest BCUT2D eigenvalue weighted by atomic mass is 10.0. The van der Waals surface area contributed by atoms with Crippen LogP contribution in [0.2, 0.25) is 0 Å². The molecular formula is C7H14NOP. The molecule has 0 N–H and O–H groups in total. The second-order valence-electron chi connectivity index (χ2n) is 2.66. The smallest absolute Gasteiger partial charge is 0.106 e. The van der Waals surface area contributed by atoms with Crippen LogP contribution in [0.1, 0.15) is 20.3 Å². The van der Waals surface area contributed by atoms with Gasteiger partial charge in [0, 0.05) is 0 Å². The number of rotatable bonds is 4. The molecule has 10 heavy (non-hydrogen) atoms. The summed E-state index contributed by atoms with van der Waals surface area (Å²) in [6.07, 6.45) is 0.781. The molecular weight excluding hydrogens is 145 g/mol. The molecule has 0 saturated heterocycles. The van der Waals surface area contributed by atoms with Gasteiger partial charge < -0.3 is 0 Å². The predicted molar refractivity (Wildman–Crippen MR) is 47.9 cm³/mol. The number of allylic oxidation sites excluding steroid dienone is 1. The highest BCUT2D eigenvalue weighted by Crippen LogP contribution is 2.19. The van der Waals surface area contributed by atoms with E-state index in [1.807, 2.05) is 13.8 Å². The SMILES string of the molecule is C=C(C)C(C)C[C@H](P)N=O. The Labute approximate surface area is 64.3 Å². The first-order valence-corrected chi connectivity index (χ1v) is 3.98. The van der Waals surface area contributed by atoms with E-state index in [0.717, 1.165) is 12.0 Å². The Morgan fingerprint density at radius 2 is 2.30 bits per heavy atom. The average Bonchev–Trinajstić information content (AvgIpc) is 1.87. The fraction of sp³-hybridized carbons (Fsp3) is 0.714. The Balaban J connectivity index is 3.67. The second kappa shape index (κ2) is 4.56. The highest BCUT2D eigenvalue weighted by Gasteiger charge is 2.08. The molecule has 0 bridgehead atoms. The Morgan fingerprint density at radius 1 is 1.80 bits per heavy atom. The largest absolute Gasteiger partial charge is 0.150 e. The maximum atomic E-state index is 9.96. The molecule has 3 atom stereocenters. The fourth-order valence-electron chi connectivity index (χ4n) is 0.606. The fourth-order valence-corrected chi connectivity index (χ4v) is 1.01. The Hall–Kier alpha value is -0.230. The summed E-state index contributed by atoms with van der Waals surface area (Å²) in [7, 11) is 2.40. The van der Waals surface area contributed by atoms with Crippen molar-refractivity contribution in [2.75, 3.05) is 0 Å². The van der Waals surface area contributed by atoms with Gasteiger partial charge >= 0.3 is 0 Å². The topological polar surface area (TPSA) is 29.4 Å². The minimum Gasteiger partial charge on any atom is -0.150 e. The van der Waals surface area contributed by atoms with Gasteiger partial charge in [-0.2, -0.15) is 4.91 Å². The van der Waals surface area contributed by atoms with Crippen LogP contribution in [0.5, 0.6) is 0 Å². The molecule has 3 heteroatoms. The summed E-state index contributed by atoms with van der Waals surface area (Å²) in [4.78, 5) is 9.96. The number of nitrogens with zero attached hydrogens (tertiary/aromatic N) is 1. The molecule has 0 aromatic rings. The molecule has 0 rings (SSSR count). The lowest BCUT2D eigenvalue weighted by molar-refractivity contribution is 0.602. The van der Waals surface area contributed by atoms with Crippen LogP contribution in [0.15, 0.2) is 17.3 Å². The molecule has 0 aromatic carbocycles. The first kappa shape index (κ1) is 9.77. The highest BCUT2D eigenvalue weighted by atomic mass is 31.0. The molecule has 0 aliphatic rings. The quantitative estimate of drug-likeness (QED) is 0.352. The van der Waals surface area contributed by atoms with Crippen LogP contribution in [0.25, 0.3) is 0 Å². The van der Waals surface area contributed by atoms with Crippen molar-refractivity contribution in [3.8, 4) is 0 Å². The van der Waals surface area contributed by atoms with Crippen molar-refractivity contribution in [1.82, 2.24) is 0 Å². The van der Waals surface area contributed by atoms with Crippen LogP contribution >= 0.6 is 9.24 Å². The van der Waals surface area contributed by atoms with Crippen molar-refractivity contribution in [3.63, 3.8) is 0 Å². The minimum absolute atomic E-state index is 0.160. The van der Waals surface area contributed by atoms with Gasteiger partial charge in [0.2, 0.25) is 0 Å². The van der Waals surface area contributed by atoms with E-state index < -0.39 is 0 Å². The summed E-state index contributed by atoms with van der Waals surface area (Å²) in [5.74, 6) is 0.229. The van der Waals surface area contributed by atoms with Gasteiger partial charge in [0.1, 0.15) is 5.78 Å². The van der Waals surface area contributed by atoms with E-state index >= 15 is 0 Å². The molecule has 58 valence electrons. The Morgan fingerprint density at radius 3 is 2.60 bits per heavy atom. The van der Waals surface area contributed by atoms with Crippen LogP contribution in [-0.4, -0.2) is 5.78 Å². The molecule has 0 aromatic heterocycles. The highest BCUT2D eigenvalue weighted by molar-refractivity contribution is 7.17. The lowest BCUT2D eigenvalue weighted by Crippen LogP contribution is -2.02. The van der Waals surface area contributed by atoms with Crippen LogP contribution in [-0.2, 0) is 0 Å². The number of hydrogen-bond acceptors (Lipinski definition) is 2. The van der Waals surface area contributed by atoms with E-state index in [4.69, 9.17) is 0 Å². The zero-order valence-corrected chi connectivity index (χ0v) is 7.66. The van der Waals surface area contributed by atoms with E-state index in [9.17, 15) is 4.91 Å². The Kier molecular flexibility index (Phi) is 4.46. The van der Waals surface area contributed by atoms with Crippen LogP contribution in [0.3, 0.4) is 0 Å². The van der Waals surface area contributed by atoms with Gasteiger partial charge in [-0.3, -0.25) is 0 Å². The van der Waals surface area contributed by atoms with Crippen molar-refractivity contribution in [2.45, 2.75) is 26.1 Å². The molecule has 2 nitrogen and oxygen atoms in total. The van der Waals surface area contributed by atoms with Crippen molar-refractivity contribution >= 4 is 9.24 Å². The maximum absolute atomic E-state index is 9.96. The first-order chi connectivity index (χ1) is 4.57. The normalized spacial score (nSPS) is 15.9. The van der Waals surface area contributed by atoms with Crippen molar-refractivity contribution in [1.29, 1.82) is 0 Å². The molecule has 0 amide bonds. The summed E-state index contributed by atoms with van der Waals surface area (Å²) in [5, 5.41) is 2.88. The zero-order valence-electron chi connectivity index (χ0n) is 6.50. The standard InChI is InChI=1S/C7H14NOP/c1-5(2)6(3)4-7(10)8-9/h6-7H,1,4,10H2,2-3H3/t6?,7-/m0/s1. The Bertz CT molecular complexity index is 136. The molecule has 0 radical (unpaired) electrons. The third-order valence-electron chi connectivity index (χ3n) is 1.57. The van der Waals surface area contributed by atoms with E-state index in [2.05, 4.69) is 21.0 Å². The third kappa shape index (κ3) is 3.73. The van der Waals surface area contributed by atoms with Gasteiger partial charge in [-0.05, 0) is 19.3 Å². The zero-order chi connectivity index (χ0) is 8.15. The average molecular weight is 159 g/mol. The predicted octanol–water partition coefficient (Wildman–Crippen LogP) is 2.56. The van der Waals surface area contributed by atoms with Crippen molar-refractivity contribution < 1.29 is 0 Å². The summed E-state index contributed by atoms with van der Waals surface area (Å²) in [6, 6.07) is 0. The van der Waals surface area contributed by atoms with Crippen molar-refractivity contribution in [3.05, 3.63) is 17.1 Å². The molecule has 0 aliphatic heterocycles. The molecule has 0 saturated carbocycles. The van der Waals surface area contributed by atoms with Gasteiger partial charge in [0.15, 0.2) is 0 Å². The van der Waals surface area contributed by atoms with Gasteiger partial charge in [-0.15, -0.1) is 9.24 Å². The third-order valence-corrected chi connectivity index (χ3v) is 1.97. The second-order valence-corrected chi connectivity index (χ2v) is 3.43. The van der Waals surface area contributed by atoms with E-state index in [1.165, 1.54) is 0 Å². The van der Waals surface area contributed by atoms with Crippen LogP contribution < -0.4 is 0 Å². The van der Waals surface area contributed by atoms with Gasteiger partial charge in [-0.25, -0.2) is 0 Å². The number of hydrogen-bond donors (Lipinski definition) is 0. The maximum Gasteiger partial charge on any atom is 0.106 e. The minimum atomic E-state index is -0.160. The molecule has 0 fully saturated rings.